The third-order valence-corrected chi connectivity index (χ3v) is 8.69. The minimum absolute atomic E-state index is 0.245. The third kappa shape index (κ3) is 4.88. The Morgan fingerprint density at radius 2 is 1.14 bits per heavy atom. The van der Waals surface area contributed by atoms with Gasteiger partial charge in [-0.3, -0.25) is 9.13 Å². The van der Waals surface area contributed by atoms with Gasteiger partial charge in [-0.2, -0.15) is 0 Å². The summed E-state index contributed by atoms with van der Waals surface area (Å²) in [5.74, 6) is 0.332. The molecule has 0 radical (unpaired) electrons. The van der Waals surface area contributed by atoms with E-state index in [4.69, 9.17) is 13.6 Å². The van der Waals surface area contributed by atoms with Crippen molar-refractivity contribution in [1.29, 1.82) is 0 Å². The van der Waals surface area contributed by atoms with Gasteiger partial charge >= 0.3 is 15.0 Å². The molecule has 0 aliphatic rings. The standard InChI is InChI=1S/C22H24O5P2/c1-3-25-29(24,26-4-2)22-17-11-12-19(18-22)27-28(23,20-13-7-5-8-14-20)21-15-9-6-10-16-21/h5-18H,3-4H2,1-2H3. The van der Waals surface area contributed by atoms with Crippen LogP contribution in [0.3, 0.4) is 0 Å². The molecule has 29 heavy (non-hydrogen) atoms. The van der Waals surface area contributed by atoms with Crippen molar-refractivity contribution in [3.05, 3.63) is 84.9 Å². The molecular formula is C22H24O5P2. The van der Waals surface area contributed by atoms with Gasteiger partial charge in [0.05, 0.1) is 29.1 Å². The van der Waals surface area contributed by atoms with Crippen LogP contribution < -0.4 is 20.4 Å². The van der Waals surface area contributed by atoms with E-state index in [0.29, 0.717) is 21.7 Å². The molecule has 0 unspecified atom stereocenters. The van der Waals surface area contributed by atoms with Gasteiger partial charge in [0, 0.05) is 0 Å². The fourth-order valence-corrected chi connectivity index (χ4v) is 6.54. The van der Waals surface area contributed by atoms with E-state index in [0.717, 1.165) is 0 Å². The normalized spacial score (nSPS) is 11.9. The Balaban J connectivity index is 2.04. The SMILES string of the molecule is CCOP(=O)(OCC)c1cccc(OP(=O)(c2ccccc2)c2ccccc2)c1. The highest BCUT2D eigenvalue weighted by Crippen LogP contribution is 2.49. The number of benzene rings is 3. The number of hydrogen-bond acceptors (Lipinski definition) is 5. The fraction of sp³-hybridized carbons (Fsp3) is 0.182. The Bertz CT molecular complexity index is 968. The van der Waals surface area contributed by atoms with Gasteiger partial charge in [0.25, 0.3) is 0 Å². The minimum Gasteiger partial charge on any atom is -0.437 e. The molecule has 3 aromatic rings. The van der Waals surface area contributed by atoms with E-state index >= 15 is 0 Å². The molecule has 0 amide bonds. The summed E-state index contributed by atoms with van der Waals surface area (Å²) in [4.78, 5) is 0. The van der Waals surface area contributed by atoms with E-state index in [2.05, 4.69) is 0 Å². The lowest BCUT2D eigenvalue weighted by Crippen LogP contribution is -2.20. The molecular weight excluding hydrogens is 406 g/mol. The Hall–Kier alpha value is -2.16. The molecule has 0 fully saturated rings. The van der Waals surface area contributed by atoms with E-state index in [-0.39, 0.29) is 13.2 Å². The van der Waals surface area contributed by atoms with Gasteiger partial charge in [0.1, 0.15) is 5.75 Å². The van der Waals surface area contributed by atoms with Crippen LogP contribution in [-0.4, -0.2) is 13.2 Å². The van der Waals surface area contributed by atoms with Gasteiger partial charge < -0.3 is 13.6 Å². The highest BCUT2D eigenvalue weighted by molar-refractivity contribution is 7.74. The second-order valence-electron chi connectivity index (χ2n) is 6.14. The molecule has 0 aliphatic carbocycles. The van der Waals surface area contributed by atoms with Crippen molar-refractivity contribution in [2.24, 2.45) is 0 Å². The summed E-state index contributed by atoms with van der Waals surface area (Å²) in [5, 5.41) is 1.52. The van der Waals surface area contributed by atoms with Crippen LogP contribution in [-0.2, 0) is 18.2 Å². The van der Waals surface area contributed by atoms with Gasteiger partial charge in [-0.25, -0.2) is 0 Å². The van der Waals surface area contributed by atoms with E-state index in [1.807, 2.05) is 36.4 Å². The average Bonchev–Trinajstić information content (AvgIpc) is 2.75. The smallest absolute Gasteiger partial charge is 0.361 e. The van der Waals surface area contributed by atoms with Crippen LogP contribution >= 0.6 is 15.0 Å². The Labute approximate surface area is 171 Å². The van der Waals surface area contributed by atoms with Crippen molar-refractivity contribution in [3.8, 4) is 5.75 Å². The van der Waals surface area contributed by atoms with Crippen molar-refractivity contribution in [3.63, 3.8) is 0 Å². The van der Waals surface area contributed by atoms with Crippen molar-refractivity contribution < 1.29 is 22.7 Å². The first-order chi connectivity index (χ1) is 14.0. The second kappa shape index (κ2) is 9.56. The lowest BCUT2D eigenvalue weighted by molar-refractivity contribution is 0.230. The van der Waals surface area contributed by atoms with E-state index in [1.54, 1.807) is 62.4 Å². The van der Waals surface area contributed by atoms with Gasteiger partial charge in [0.2, 0.25) is 0 Å². The minimum atomic E-state index is -3.48. The molecule has 0 saturated heterocycles. The molecule has 152 valence electrons. The Kier molecular flexibility index (Phi) is 7.10. The first kappa shape index (κ1) is 21.5. The highest BCUT2D eigenvalue weighted by atomic mass is 31.2. The Morgan fingerprint density at radius 1 is 0.655 bits per heavy atom. The summed E-state index contributed by atoms with van der Waals surface area (Å²) in [6.45, 7) is 4.00. The first-order valence-electron chi connectivity index (χ1n) is 9.42. The molecule has 0 aliphatic heterocycles. The third-order valence-electron chi connectivity index (χ3n) is 4.16. The van der Waals surface area contributed by atoms with Crippen LogP contribution in [0.2, 0.25) is 0 Å². The number of hydrogen-bond donors (Lipinski definition) is 0. The molecule has 0 aromatic heterocycles. The van der Waals surface area contributed by atoms with E-state index < -0.39 is 15.0 Å². The highest BCUT2D eigenvalue weighted by Gasteiger charge is 2.32. The first-order valence-corrected chi connectivity index (χ1v) is 12.6. The molecule has 0 atom stereocenters. The van der Waals surface area contributed by atoms with Gasteiger partial charge in [-0.05, 0) is 56.3 Å². The molecule has 3 rings (SSSR count). The van der Waals surface area contributed by atoms with E-state index in [1.165, 1.54) is 0 Å². The molecule has 0 spiro atoms. The fourth-order valence-electron chi connectivity index (χ4n) is 2.89. The summed E-state index contributed by atoms with van der Waals surface area (Å²) in [5.41, 5.74) is 0. The van der Waals surface area contributed by atoms with Gasteiger partial charge in [-0.1, -0.05) is 42.5 Å². The summed E-state index contributed by atoms with van der Waals surface area (Å²) >= 11 is 0. The molecule has 0 bridgehead atoms. The van der Waals surface area contributed by atoms with E-state index in [9.17, 15) is 9.13 Å². The van der Waals surface area contributed by atoms with Crippen LogP contribution in [0.1, 0.15) is 13.8 Å². The predicted molar refractivity (Wildman–Crippen MR) is 117 cm³/mol. The lowest BCUT2D eigenvalue weighted by Gasteiger charge is -2.22. The number of rotatable bonds is 9. The van der Waals surface area contributed by atoms with Crippen molar-refractivity contribution in [2.75, 3.05) is 13.2 Å². The summed E-state index contributed by atoms with van der Waals surface area (Å²) in [7, 11) is -6.90. The van der Waals surface area contributed by atoms with Crippen LogP contribution in [0.4, 0.5) is 0 Å². The maximum atomic E-state index is 14.0. The van der Waals surface area contributed by atoms with Crippen molar-refractivity contribution >= 4 is 30.9 Å². The lowest BCUT2D eigenvalue weighted by atomic mass is 10.3. The van der Waals surface area contributed by atoms with Crippen LogP contribution in [0.25, 0.3) is 0 Å². The maximum Gasteiger partial charge on any atom is 0.361 e. The molecule has 3 aromatic carbocycles. The molecule has 0 saturated carbocycles. The summed E-state index contributed by atoms with van der Waals surface area (Å²) in [6, 6.07) is 24.7. The van der Waals surface area contributed by atoms with Gasteiger partial charge in [-0.15, -0.1) is 0 Å². The Morgan fingerprint density at radius 3 is 1.62 bits per heavy atom. The average molecular weight is 430 g/mol. The zero-order chi connectivity index (χ0) is 20.7. The van der Waals surface area contributed by atoms with Crippen LogP contribution in [0, 0.1) is 0 Å². The quantitative estimate of drug-likeness (QED) is 0.453. The molecule has 0 heterocycles. The van der Waals surface area contributed by atoms with Crippen LogP contribution in [0.15, 0.2) is 84.9 Å². The summed E-state index contributed by atoms with van der Waals surface area (Å²) in [6.07, 6.45) is 0. The largest absolute Gasteiger partial charge is 0.437 e. The molecule has 0 N–H and O–H groups in total. The monoisotopic (exact) mass is 430 g/mol. The zero-order valence-corrected chi connectivity index (χ0v) is 18.2. The zero-order valence-electron chi connectivity index (χ0n) is 16.4. The van der Waals surface area contributed by atoms with Crippen LogP contribution in [0.5, 0.6) is 5.75 Å². The van der Waals surface area contributed by atoms with Gasteiger partial charge in [0.15, 0.2) is 0 Å². The predicted octanol–water partition coefficient (Wildman–Crippen LogP) is 4.89. The molecule has 5 nitrogen and oxygen atoms in total. The van der Waals surface area contributed by atoms with Crippen molar-refractivity contribution in [2.45, 2.75) is 13.8 Å². The van der Waals surface area contributed by atoms with Crippen molar-refractivity contribution in [1.82, 2.24) is 0 Å². The summed E-state index contributed by atoms with van der Waals surface area (Å²) < 4.78 is 44.1. The maximum absolute atomic E-state index is 14.0. The topological polar surface area (TPSA) is 61.8 Å². The molecule has 7 heteroatoms. The second-order valence-corrected chi connectivity index (χ2v) is 10.5.